The van der Waals surface area contributed by atoms with Gasteiger partial charge in [0.1, 0.15) is 18.4 Å². The first kappa shape index (κ1) is 9.98. The van der Waals surface area contributed by atoms with E-state index in [2.05, 4.69) is 4.99 Å². The zero-order valence-electron chi connectivity index (χ0n) is 8.64. The van der Waals surface area contributed by atoms with Gasteiger partial charge in [-0.3, -0.25) is 0 Å². The maximum Gasteiger partial charge on any atom is 0.216 e. The van der Waals surface area contributed by atoms with Crippen LogP contribution in [-0.2, 0) is 4.74 Å². The lowest BCUT2D eigenvalue weighted by molar-refractivity contribution is 0.319. The van der Waals surface area contributed by atoms with Crippen LogP contribution in [0.1, 0.15) is 5.56 Å². The molecule has 2 N–H and O–H groups in total. The Bertz CT molecular complexity index is 377. The van der Waals surface area contributed by atoms with Crippen molar-refractivity contribution < 1.29 is 9.47 Å². The maximum atomic E-state index is 5.52. The second-order valence-electron chi connectivity index (χ2n) is 3.37. The van der Waals surface area contributed by atoms with E-state index in [1.807, 2.05) is 24.3 Å². The van der Waals surface area contributed by atoms with Crippen LogP contribution in [0.5, 0.6) is 5.75 Å². The quantitative estimate of drug-likeness (QED) is 0.795. The number of ether oxygens (including phenoxy) is 2. The molecular formula is C11H14N2O2. The fourth-order valence-electron chi connectivity index (χ4n) is 1.45. The van der Waals surface area contributed by atoms with Crippen LogP contribution in [0.15, 0.2) is 29.3 Å². The molecule has 1 aliphatic rings. The summed E-state index contributed by atoms with van der Waals surface area (Å²) in [7, 11) is 1.64. The number of nitrogens with two attached hydrogens (primary N) is 1. The van der Waals surface area contributed by atoms with Crippen molar-refractivity contribution in [3.8, 4) is 5.75 Å². The van der Waals surface area contributed by atoms with Crippen LogP contribution in [0, 0.1) is 0 Å². The van der Waals surface area contributed by atoms with Gasteiger partial charge in [-0.15, -0.1) is 0 Å². The lowest BCUT2D eigenvalue weighted by Gasteiger charge is -2.03. The van der Waals surface area contributed by atoms with Crippen molar-refractivity contribution >= 4 is 5.90 Å². The largest absolute Gasteiger partial charge is 0.497 e. The molecule has 4 nitrogen and oxygen atoms in total. The first-order chi connectivity index (χ1) is 7.33. The van der Waals surface area contributed by atoms with Gasteiger partial charge in [0.15, 0.2) is 0 Å². The monoisotopic (exact) mass is 206 g/mol. The minimum atomic E-state index is 0.0891. The van der Waals surface area contributed by atoms with Crippen LogP contribution in [0.4, 0.5) is 0 Å². The third kappa shape index (κ3) is 2.10. The summed E-state index contributed by atoms with van der Waals surface area (Å²) in [6, 6.07) is 7.74. The normalized spacial score (nSPS) is 19.6. The van der Waals surface area contributed by atoms with Crippen LogP contribution < -0.4 is 10.5 Å². The highest BCUT2D eigenvalue weighted by atomic mass is 16.5. The van der Waals surface area contributed by atoms with Crippen molar-refractivity contribution in [2.24, 2.45) is 10.7 Å². The number of rotatable bonds is 3. The van der Waals surface area contributed by atoms with Gasteiger partial charge in [-0.25, -0.2) is 4.99 Å². The number of methoxy groups -OCH3 is 1. The average molecular weight is 206 g/mol. The fraction of sp³-hybridized carbons (Fsp3) is 0.364. The Morgan fingerprint density at radius 2 is 2.47 bits per heavy atom. The highest BCUT2D eigenvalue weighted by Crippen LogP contribution is 2.17. The van der Waals surface area contributed by atoms with Gasteiger partial charge < -0.3 is 15.2 Å². The summed E-state index contributed by atoms with van der Waals surface area (Å²) in [6.45, 7) is 1.09. The predicted octanol–water partition coefficient (Wildman–Crippen LogP) is 0.799. The summed E-state index contributed by atoms with van der Waals surface area (Å²) in [4.78, 5) is 4.37. The van der Waals surface area contributed by atoms with Crippen molar-refractivity contribution in [1.82, 2.24) is 0 Å². The highest BCUT2D eigenvalue weighted by Gasteiger charge is 2.18. The lowest BCUT2D eigenvalue weighted by Crippen LogP contribution is -2.18. The molecule has 1 unspecified atom stereocenters. The van der Waals surface area contributed by atoms with E-state index in [0.717, 1.165) is 11.3 Å². The summed E-state index contributed by atoms with van der Waals surface area (Å²) in [6.07, 6.45) is 0. The van der Waals surface area contributed by atoms with Gasteiger partial charge in [0.05, 0.1) is 7.11 Å². The minimum Gasteiger partial charge on any atom is -0.497 e. The molecule has 0 aromatic heterocycles. The Morgan fingerprint density at radius 1 is 1.60 bits per heavy atom. The summed E-state index contributed by atoms with van der Waals surface area (Å²) in [5.41, 5.74) is 6.45. The molecular weight excluding hydrogens is 192 g/mol. The van der Waals surface area contributed by atoms with Crippen LogP contribution in [0.25, 0.3) is 0 Å². The zero-order valence-corrected chi connectivity index (χ0v) is 8.64. The highest BCUT2D eigenvalue weighted by molar-refractivity contribution is 5.95. The number of aliphatic imine (C=N–C) groups is 1. The second-order valence-corrected chi connectivity index (χ2v) is 3.37. The Hall–Kier alpha value is -1.55. The van der Waals surface area contributed by atoms with E-state index in [-0.39, 0.29) is 6.04 Å². The molecule has 0 spiro atoms. The van der Waals surface area contributed by atoms with Crippen molar-refractivity contribution in [2.75, 3.05) is 20.3 Å². The first-order valence-corrected chi connectivity index (χ1v) is 4.88. The number of hydrogen-bond acceptors (Lipinski definition) is 4. The SMILES string of the molecule is COc1cccc(C2=NC(CN)CO2)c1. The molecule has 4 heteroatoms. The van der Waals surface area contributed by atoms with E-state index < -0.39 is 0 Å². The third-order valence-corrected chi connectivity index (χ3v) is 2.30. The van der Waals surface area contributed by atoms with Gasteiger partial charge in [-0.2, -0.15) is 0 Å². The summed E-state index contributed by atoms with van der Waals surface area (Å²) in [5.74, 6) is 1.46. The van der Waals surface area contributed by atoms with Crippen molar-refractivity contribution in [3.63, 3.8) is 0 Å². The molecule has 0 amide bonds. The molecule has 80 valence electrons. The van der Waals surface area contributed by atoms with E-state index >= 15 is 0 Å². The summed E-state index contributed by atoms with van der Waals surface area (Å²) in [5, 5.41) is 0. The van der Waals surface area contributed by atoms with Crippen molar-refractivity contribution in [3.05, 3.63) is 29.8 Å². The Balaban J connectivity index is 2.22. The van der Waals surface area contributed by atoms with Crippen LogP contribution in [0.3, 0.4) is 0 Å². The van der Waals surface area contributed by atoms with Gasteiger partial charge in [0.2, 0.25) is 5.90 Å². The smallest absolute Gasteiger partial charge is 0.216 e. The molecule has 1 atom stereocenters. The van der Waals surface area contributed by atoms with E-state index in [1.165, 1.54) is 0 Å². The van der Waals surface area contributed by atoms with Crippen molar-refractivity contribution in [2.45, 2.75) is 6.04 Å². The van der Waals surface area contributed by atoms with E-state index in [0.29, 0.717) is 19.0 Å². The molecule has 0 fully saturated rings. The van der Waals surface area contributed by atoms with Gasteiger partial charge >= 0.3 is 0 Å². The molecule has 1 aromatic rings. The van der Waals surface area contributed by atoms with Gasteiger partial charge in [-0.1, -0.05) is 6.07 Å². The van der Waals surface area contributed by atoms with E-state index in [1.54, 1.807) is 7.11 Å². The van der Waals surface area contributed by atoms with Crippen LogP contribution in [-0.4, -0.2) is 32.2 Å². The lowest BCUT2D eigenvalue weighted by atomic mass is 10.2. The van der Waals surface area contributed by atoms with Gasteiger partial charge in [0.25, 0.3) is 0 Å². The molecule has 0 saturated carbocycles. The predicted molar refractivity (Wildman–Crippen MR) is 58.3 cm³/mol. The number of benzene rings is 1. The molecule has 0 aliphatic carbocycles. The van der Waals surface area contributed by atoms with Gasteiger partial charge in [0, 0.05) is 12.1 Å². The molecule has 1 aromatic carbocycles. The fourth-order valence-corrected chi connectivity index (χ4v) is 1.45. The Kier molecular flexibility index (Phi) is 2.87. The number of nitrogens with zero attached hydrogens (tertiary/aromatic N) is 1. The topological polar surface area (TPSA) is 56.8 Å². The van der Waals surface area contributed by atoms with Crippen molar-refractivity contribution in [1.29, 1.82) is 0 Å². The molecule has 1 heterocycles. The summed E-state index contributed by atoms with van der Waals surface area (Å²) < 4.78 is 10.6. The molecule has 0 radical (unpaired) electrons. The molecule has 0 saturated heterocycles. The zero-order chi connectivity index (χ0) is 10.7. The molecule has 15 heavy (non-hydrogen) atoms. The van der Waals surface area contributed by atoms with Crippen LogP contribution in [0.2, 0.25) is 0 Å². The summed E-state index contributed by atoms with van der Waals surface area (Å²) >= 11 is 0. The van der Waals surface area contributed by atoms with E-state index in [4.69, 9.17) is 15.2 Å². The molecule has 1 aliphatic heterocycles. The standard InChI is InChI=1S/C11H14N2O2/c1-14-10-4-2-3-8(5-10)11-13-9(6-12)7-15-11/h2-5,9H,6-7,12H2,1H3. The molecule has 2 rings (SSSR count). The minimum absolute atomic E-state index is 0.0891. The maximum absolute atomic E-state index is 5.52. The third-order valence-electron chi connectivity index (χ3n) is 2.30. The van der Waals surface area contributed by atoms with E-state index in [9.17, 15) is 0 Å². The van der Waals surface area contributed by atoms with Gasteiger partial charge in [-0.05, 0) is 18.2 Å². The average Bonchev–Trinajstić information content (AvgIpc) is 2.78. The number of hydrogen-bond donors (Lipinski definition) is 1. The Labute approximate surface area is 88.7 Å². The van der Waals surface area contributed by atoms with Crippen LogP contribution >= 0.6 is 0 Å². The first-order valence-electron chi connectivity index (χ1n) is 4.88. The second kappa shape index (κ2) is 4.31. The Morgan fingerprint density at radius 3 is 3.13 bits per heavy atom. The molecule has 0 bridgehead atoms.